The molecule has 2 fully saturated rings. The summed E-state index contributed by atoms with van der Waals surface area (Å²) in [6.07, 6.45) is 5.91. The quantitative estimate of drug-likeness (QED) is 0.845. The van der Waals surface area contributed by atoms with Crippen LogP contribution in [0.15, 0.2) is 24.3 Å². The summed E-state index contributed by atoms with van der Waals surface area (Å²) in [6.45, 7) is 5.49. The largest absolute Gasteiger partial charge is 0.376 e. The summed E-state index contributed by atoms with van der Waals surface area (Å²) in [4.78, 5) is 20.9. The Balaban J connectivity index is 1.59. The van der Waals surface area contributed by atoms with Crippen molar-refractivity contribution in [3.05, 3.63) is 34.7 Å². The standard InChI is InChI=1S/C21H27N3O2S/c1-15-7-9-16(10-8-15)18-19(20(25)22-14-17-6-5-13-26-17)27-21(23-18)24-11-3-2-4-12-24/h7-10,17H,2-6,11-14H2,1H3,(H,22,25). The van der Waals surface area contributed by atoms with E-state index < -0.39 is 0 Å². The number of hydrogen-bond donors (Lipinski definition) is 1. The molecule has 3 heterocycles. The molecule has 1 atom stereocenters. The lowest BCUT2D eigenvalue weighted by Crippen LogP contribution is -2.31. The first kappa shape index (κ1) is 18.4. The highest BCUT2D eigenvalue weighted by atomic mass is 32.1. The first-order valence-corrected chi connectivity index (χ1v) is 10.7. The maximum atomic E-state index is 12.9. The summed E-state index contributed by atoms with van der Waals surface area (Å²) in [6, 6.07) is 8.26. The average Bonchev–Trinajstić information content (AvgIpc) is 3.37. The van der Waals surface area contributed by atoms with E-state index in [1.165, 1.54) is 36.2 Å². The van der Waals surface area contributed by atoms with Gasteiger partial charge in [0, 0.05) is 31.8 Å². The minimum absolute atomic E-state index is 0.0400. The molecule has 1 unspecified atom stereocenters. The average molecular weight is 386 g/mol. The van der Waals surface area contributed by atoms with Crippen molar-refractivity contribution < 1.29 is 9.53 Å². The molecule has 144 valence electrons. The Morgan fingerprint density at radius 3 is 2.70 bits per heavy atom. The molecule has 2 aliphatic rings. The van der Waals surface area contributed by atoms with E-state index in [-0.39, 0.29) is 12.0 Å². The SMILES string of the molecule is Cc1ccc(-c2nc(N3CCCCC3)sc2C(=O)NCC2CCCO2)cc1. The van der Waals surface area contributed by atoms with E-state index in [0.717, 1.165) is 48.9 Å². The molecule has 2 aromatic rings. The van der Waals surface area contributed by atoms with Crippen LogP contribution in [0.25, 0.3) is 11.3 Å². The van der Waals surface area contributed by atoms with Gasteiger partial charge in [0.2, 0.25) is 0 Å². The van der Waals surface area contributed by atoms with Gasteiger partial charge in [-0.2, -0.15) is 0 Å². The number of aryl methyl sites for hydroxylation is 1. The van der Waals surface area contributed by atoms with Crippen LogP contribution in [0.2, 0.25) is 0 Å². The minimum atomic E-state index is -0.0400. The summed E-state index contributed by atoms with van der Waals surface area (Å²) >= 11 is 1.52. The summed E-state index contributed by atoms with van der Waals surface area (Å²) in [5.41, 5.74) is 3.00. The number of amides is 1. The third kappa shape index (κ3) is 4.33. The van der Waals surface area contributed by atoms with Crippen molar-refractivity contribution in [1.82, 2.24) is 10.3 Å². The van der Waals surface area contributed by atoms with Crippen LogP contribution in [0, 0.1) is 6.92 Å². The number of nitrogens with zero attached hydrogens (tertiary/aromatic N) is 2. The van der Waals surface area contributed by atoms with Crippen molar-refractivity contribution in [3.63, 3.8) is 0 Å². The van der Waals surface area contributed by atoms with E-state index in [0.29, 0.717) is 11.4 Å². The van der Waals surface area contributed by atoms with Gasteiger partial charge in [0.15, 0.2) is 5.13 Å². The normalized spacial score (nSPS) is 20.0. The number of aromatic nitrogens is 1. The zero-order chi connectivity index (χ0) is 18.6. The van der Waals surface area contributed by atoms with Crippen molar-refractivity contribution in [2.45, 2.75) is 45.1 Å². The number of anilines is 1. The zero-order valence-electron chi connectivity index (χ0n) is 15.9. The number of carbonyl (C=O) groups excluding carboxylic acids is 1. The maximum Gasteiger partial charge on any atom is 0.263 e. The highest BCUT2D eigenvalue weighted by Crippen LogP contribution is 2.34. The lowest BCUT2D eigenvalue weighted by atomic mass is 10.1. The number of hydrogen-bond acceptors (Lipinski definition) is 5. The highest BCUT2D eigenvalue weighted by Gasteiger charge is 2.24. The lowest BCUT2D eigenvalue weighted by Gasteiger charge is -2.25. The Hall–Kier alpha value is -1.92. The number of thiazole rings is 1. The third-order valence-corrected chi connectivity index (χ3v) is 6.40. The number of benzene rings is 1. The molecule has 1 N–H and O–H groups in total. The molecule has 2 saturated heterocycles. The first-order chi connectivity index (χ1) is 13.2. The molecule has 0 saturated carbocycles. The second-order valence-corrected chi connectivity index (χ2v) is 8.41. The molecule has 0 radical (unpaired) electrons. The minimum Gasteiger partial charge on any atom is -0.376 e. The van der Waals surface area contributed by atoms with E-state index in [1.807, 2.05) is 0 Å². The van der Waals surface area contributed by atoms with Gasteiger partial charge in [-0.1, -0.05) is 41.2 Å². The molecular formula is C21H27N3O2S. The van der Waals surface area contributed by atoms with Gasteiger partial charge in [-0.15, -0.1) is 0 Å². The second kappa shape index (κ2) is 8.40. The first-order valence-electron chi connectivity index (χ1n) is 9.93. The zero-order valence-corrected chi connectivity index (χ0v) is 16.7. The maximum absolute atomic E-state index is 12.9. The number of carbonyl (C=O) groups is 1. The molecule has 2 aliphatic heterocycles. The van der Waals surface area contributed by atoms with Crippen molar-refractivity contribution >= 4 is 22.4 Å². The Labute approximate surface area is 164 Å². The Morgan fingerprint density at radius 1 is 1.22 bits per heavy atom. The smallest absolute Gasteiger partial charge is 0.263 e. The summed E-state index contributed by atoms with van der Waals surface area (Å²) in [7, 11) is 0. The van der Waals surface area contributed by atoms with Gasteiger partial charge in [-0.25, -0.2) is 4.98 Å². The fourth-order valence-corrected chi connectivity index (χ4v) is 4.74. The summed E-state index contributed by atoms with van der Waals surface area (Å²) in [5.74, 6) is -0.0400. The van der Waals surface area contributed by atoms with Crippen LogP contribution in [0.1, 0.15) is 47.3 Å². The van der Waals surface area contributed by atoms with E-state index in [1.54, 1.807) is 0 Å². The van der Waals surface area contributed by atoms with Gasteiger partial charge < -0.3 is 15.0 Å². The Morgan fingerprint density at radius 2 is 2.00 bits per heavy atom. The lowest BCUT2D eigenvalue weighted by molar-refractivity contribution is 0.0861. The topological polar surface area (TPSA) is 54.5 Å². The van der Waals surface area contributed by atoms with Crippen LogP contribution in [0.3, 0.4) is 0 Å². The molecule has 0 bridgehead atoms. The number of piperidine rings is 1. The molecule has 1 aromatic carbocycles. The molecule has 5 nitrogen and oxygen atoms in total. The molecule has 1 aromatic heterocycles. The van der Waals surface area contributed by atoms with Crippen molar-refractivity contribution in [1.29, 1.82) is 0 Å². The van der Waals surface area contributed by atoms with Crippen molar-refractivity contribution in [2.75, 3.05) is 31.1 Å². The van der Waals surface area contributed by atoms with Gasteiger partial charge in [0.25, 0.3) is 5.91 Å². The Kier molecular flexibility index (Phi) is 5.74. The third-order valence-electron chi connectivity index (χ3n) is 5.29. The van der Waals surface area contributed by atoms with Crippen LogP contribution in [0.5, 0.6) is 0 Å². The van der Waals surface area contributed by atoms with Crippen LogP contribution in [0.4, 0.5) is 5.13 Å². The molecule has 4 rings (SSSR count). The van der Waals surface area contributed by atoms with Gasteiger partial charge >= 0.3 is 0 Å². The van der Waals surface area contributed by atoms with Crippen LogP contribution in [-0.2, 0) is 4.74 Å². The van der Waals surface area contributed by atoms with E-state index >= 15 is 0 Å². The van der Waals surface area contributed by atoms with Crippen LogP contribution in [-0.4, -0.2) is 43.2 Å². The fraction of sp³-hybridized carbons (Fsp3) is 0.524. The molecular weight excluding hydrogens is 358 g/mol. The molecule has 0 aliphatic carbocycles. The summed E-state index contributed by atoms with van der Waals surface area (Å²) in [5, 5.41) is 4.03. The fourth-order valence-electron chi connectivity index (χ4n) is 3.68. The van der Waals surface area contributed by atoms with Gasteiger partial charge in [0.05, 0.1) is 11.8 Å². The van der Waals surface area contributed by atoms with E-state index in [9.17, 15) is 4.79 Å². The number of nitrogens with one attached hydrogen (secondary N) is 1. The predicted molar refractivity (Wildman–Crippen MR) is 110 cm³/mol. The van der Waals surface area contributed by atoms with Gasteiger partial charge in [-0.05, 0) is 39.0 Å². The van der Waals surface area contributed by atoms with Crippen LogP contribution < -0.4 is 10.2 Å². The highest BCUT2D eigenvalue weighted by molar-refractivity contribution is 7.18. The number of rotatable bonds is 5. The van der Waals surface area contributed by atoms with Crippen LogP contribution >= 0.6 is 11.3 Å². The molecule has 27 heavy (non-hydrogen) atoms. The van der Waals surface area contributed by atoms with Gasteiger partial charge in [-0.3, -0.25) is 4.79 Å². The molecule has 0 spiro atoms. The van der Waals surface area contributed by atoms with Crippen molar-refractivity contribution in [2.24, 2.45) is 0 Å². The van der Waals surface area contributed by atoms with Gasteiger partial charge in [0.1, 0.15) is 4.88 Å². The second-order valence-electron chi connectivity index (χ2n) is 7.43. The Bertz CT molecular complexity index is 775. The summed E-state index contributed by atoms with van der Waals surface area (Å²) < 4.78 is 5.63. The monoisotopic (exact) mass is 385 g/mol. The van der Waals surface area contributed by atoms with Crippen molar-refractivity contribution in [3.8, 4) is 11.3 Å². The van der Waals surface area contributed by atoms with E-state index in [2.05, 4.69) is 41.4 Å². The predicted octanol–water partition coefficient (Wildman–Crippen LogP) is 4.02. The number of ether oxygens (including phenoxy) is 1. The molecule has 6 heteroatoms. The molecule has 1 amide bonds. The van der Waals surface area contributed by atoms with E-state index in [4.69, 9.17) is 9.72 Å².